The molecule has 0 aliphatic rings. The van der Waals surface area contributed by atoms with Crippen molar-refractivity contribution in [3.05, 3.63) is 39.5 Å². The van der Waals surface area contributed by atoms with Crippen molar-refractivity contribution in [2.45, 2.75) is 25.9 Å². The highest BCUT2D eigenvalue weighted by molar-refractivity contribution is 7.14. The molecule has 0 saturated carbocycles. The summed E-state index contributed by atoms with van der Waals surface area (Å²) in [5, 5.41) is 11.9. The first-order valence-electron chi connectivity index (χ1n) is 6.15. The molecule has 3 heterocycles. The second-order valence-corrected chi connectivity index (χ2v) is 5.19. The van der Waals surface area contributed by atoms with Crippen molar-refractivity contribution in [1.82, 2.24) is 29.6 Å². The number of hydrogen-bond acceptors (Lipinski definition) is 7. The van der Waals surface area contributed by atoms with Crippen molar-refractivity contribution in [3.63, 3.8) is 0 Å². The van der Waals surface area contributed by atoms with E-state index in [4.69, 9.17) is 5.73 Å². The lowest BCUT2D eigenvalue weighted by Crippen LogP contribution is -2.16. The van der Waals surface area contributed by atoms with Gasteiger partial charge in [-0.2, -0.15) is 9.61 Å². The van der Waals surface area contributed by atoms with Gasteiger partial charge in [0.05, 0.1) is 30.2 Å². The molecule has 3 rings (SSSR count). The predicted molar refractivity (Wildman–Crippen MR) is 73.5 cm³/mol. The highest BCUT2D eigenvalue weighted by Crippen LogP contribution is 2.10. The lowest BCUT2D eigenvalue weighted by molar-refractivity contribution is 0.634. The average molecular weight is 291 g/mol. The standard InChI is InChI=1S/C11H13N7OS/c1-2-8(12)9-5-17(16-15-9)4-7-3-10(19)18-11(14-7)20-6-13-18/h3,5-6,8H,2,4,12H2,1H3. The number of aromatic nitrogens is 6. The van der Waals surface area contributed by atoms with Gasteiger partial charge in [-0.1, -0.05) is 23.5 Å². The fourth-order valence-corrected chi connectivity index (χ4v) is 2.46. The maximum Gasteiger partial charge on any atom is 0.275 e. The van der Waals surface area contributed by atoms with Crippen LogP contribution in [0.15, 0.2) is 22.6 Å². The Balaban J connectivity index is 1.89. The van der Waals surface area contributed by atoms with Gasteiger partial charge < -0.3 is 5.73 Å². The van der Waals surface area contributed by atoms with Crippen LogP contribution >= 0.6 is 11.3 Å². The van der Waals surface area contributed by atoms with Gasteiger partial charge in [0.15, 0.2) is 0 Å². The molecular formula is C11H13N7OS. The van der Waals surface area contributed by atoms with Gasteiger partial charge in [0.2, 0.25) is 4.96 Å². The summed E-state index contributed by atoms with van der Waals surface area (Å²) in [4.78, 5) is 16.7. The van der Waals surface area contributed by atoms with Gasteiger partial charge in [-0.15, -0.1) is 5.10 Å². The number of rotatable bonds is 4. The maximum atomic E-state index is 11.8. The summed E-state index contributed by atoms with van der Waals surface area (Å²) in [5.74, 6) is 0. The van der Waals surface area contributed by atoms with E-state index >= 15 is 0 Å². The van der Waals surface area contributed by atoms with Crippen LogP contribution in [0.2, 0.25) is 0 Å². The van der Waals surface area contributed by atoms with E-state index in [0.717, 1.165) is 12.1 Å². The Bertz CT molecular complexity index is 789. The van der Waals surface area contributed by atoms with Crippen molar-refractivity contribution < 1.29 is 0 Å². The minimum Gasteiger partial charge on any atom is -0.323 e. The lowest BCUT2D eigenvalue weighted by atomic mass is 10.2. The van der Waals surface area contributed by atoms with Crippen LogP contribution in [0.4, 0.5) is 0 Å². The normalized spacial score (nSPS) is 12.9. The molecule has 0 fully saturated rings. The fraction of sp³-hybridized carbons (Fsp3) is 0.364. The van der Waals surface area contributed by atoms with Gasteiger partial charge in [0, 0.05) is 6.07 Å². The van der Waals surface area contributed by atoms with Gasteiger partial charge in [-0.25, -0.2) is 9.67 Å². The summed E-state index contributed by atoms with van der Waals surface area (Å²) < 4.78 is 2.90. The zero-order chi connectivity index (χ0) is 14.1. The molecular weight excluding hydrogens is 278 g/mol. The molecule has 9 heteroatoms. The van der Waals surface area contributed by atoms with Crippen molar-refractivity contribution in [2.75, 3.05) is 0 Å². The molecule has 0 aliphatic carbocycles. The first kappa shape index (κ1) is 12.9. The van der Waals surface area contributed by atoms with Crippen molar-refractivity contribution >= 4 is 16.3 Å². The highest BCUT2D eigenvalue weighted by Gasteiger charge is 2.10. The van der Waals surface area contributed by atoms with E-state index in [1.807, 2.05) is 6.92 Å². The van der Waals surface area contributed by atoms with E-state index in [2.05, 4.69) is 20.4 Å². The number of hydrogen-bond donors (Lipinski definition) is 1. The van der Waals surface area contributed by atoms with Crippen LogP contribution in [0, 0.1) is 0 Å². The largest absolute Gasteiger partial charge is 0.323 e. The molecule has 0 spiro atoms. The number of nitrogens with zero attached hydrogens (tertiary/aromatic N) is 6. The van der Waals surface area contributed by atoms with E-state index < -0.39 is 0 Å². The summed E-state index contributed by atoms with van der Waals surface area (Å²) in [7, 11) is 0. The van der Waals surface area contributed by atoms with Crippen molar-refractivity contribution in [1.29, 1.82) is 0 Å². The molecule has 0 saturated heterocycles. The topological polar surface area (TPSA) is 104 Å². The Morgan fingerprint density at radius 2 is 2.35 bits per heavy atom. The van der Waals surface area contributed by atoms with Crippen LogP contribution in [0.25, 0.3) is 4.96 Å². The zero-order valence-electron chi connectivity index (χ0n) is 10.8. The second-order valence-electron chi connectivity index (χ2n) is 4.37. The first-order chi connectivity index (χ1) is 9.67. The lowest BCUT2D eigenvalue weighted by Gasteiger charge is -2.02. The quantitative estimate of drug-likeness (QED) is 0.736. The van der Waals surface area contributed by atoms with Crippen LogP contribution < -0.4 is 11.3 Å². The molecule has 3 aromatic heterocycles. The van der Waals surface area contributed by atoms with Crippen LogP contribution in [0.5, 0.6) is 0 Å². The summed E-state index contributed by atoms with van der Waals surface area (Å²) in [6.07, 6.45) is 2.58. The number of nitrogens with two attached hydrogens (primary N) is 1. The SMILES string of the molecule is CCC(N)c1cn(Cc2cc(=O)n3ncsc3n2)nn1. The third kappa shape index (κ3) is 2.32. The molecule has 0 amide bonds. The molecule has 0 aliphatic heterocycles. The first-order valence-corrected chi connectivity index (χ1v) is 7.03. The Morgan fingerprint density at radius 1 is 1.50 bits per heavy atom. The van der Waals surface area contributed by atoms with E-state index in [1.165, 1.54) is 21.9 Å². The van der Waals surface area contributed by atoms with Gasteiger partial charge in [0.25, 0.3) is 5.56 Å². The van der Waals surface area contributed by atoms with E-state index in [-0.39, 0.29) is 11.6 Å². The van der Waals surface area contributed by atoms with Gasteiger partial charge in [-0.05, 0) is 6.42 Å². The number of fused-ring (bicyclic) bond motifs is 1. The molecule has 0 radical (unpaired) electrons. The molecule has 2 N–H and O–H groups in total. The Kier molecular flexibility index (Phi) is 3.28. The van der Waals surface area contributed by atoms with Gasteiger partial charge in [0.1, 0.15) is 5.51 Å². The maximum absolute atomic E-state index is 11.8. The minimum absolute atomic E-state index is 0.119. The Labute approximate surface area is 117 Å². The van der Waals surface area contributed by atoms with Crippen LogP contribution in [-0.4, -0.2) is 29.6 Å². The summed E-state index contributed by atoms with van der Waals surface area (Å²) in [5.41, 5.74) is 8.65. The fourth-order valence-electron chi connectivity index (χ4n) is 1.82. The molecule has 0 bridgehead atoms. The van der Waals surface area contributed by atoms with Crippen molar-refractivity contribution in [3.8, 4) is 0 Å². The smallest absolute Gasteiger partial charge is 0.275 e. The molecule has 8 nitrogen and oxygen atoms in total. The van der Waals surface area contributed by atoms with Gasteiger partial charge in [-0.3, -0.25) is 4.79 Å². The zero-order valence-corrected chi connectivity index (χ0v) is 11.6. The minimum atomic E-state index is -0.197. The second kappa shape index (κ2) is 5.10. The molecule has 1 atom stereocenters. The third-order valence-electron chi connectivity index (χ3n) is 2.94. The summed E-state index contributed by atoms with van der Waals surface area (Å²) in [6.45, 7) is 2.37. The molecule has 1 unspecified atom stereocenters. The predicted octanol–water partition coefficient (Wildman–Crippen LogP) is 0.201. The average Bonchev–Trinajstić information content (AvgIpc) is 3.07. The van der Waals surface area contributed by atoms with Gasteiger partial charge >= 0.3 is 0 Å². The molecule has 3 aromatic rings. The van der Waals surface area contributed by atoms with Crippen LogP contribution in [0.3, 0.4) is 0 Å². The van der Waals surface area contributed by atoms with E-state index in [1.54, 1.807) is 16.4 Å². The molecule has 20 heavy (non-hydrogen) atoms. The Hall–Kier alpha value is -2.13. The monoisotopic (exact) mass is 291 g/mol. The Morgan fingerprint density at radius 3 is 3.15 bits per heavy atom. The van der Waals surface area contributed by atoms with Crippen LogP contribution in [0.1, 0.15) is 30.8 Å². The van der Waals surface area contributed by atoms with E-state index in [9.17, 15) is 4.79 Å². The van der Waals surface area contributed by atoms with Crippen molar-refractivity contribution in [2.24, 2.45) is 5.73 Å². The summed E-state index contributed by atoms with van der Waals surface area (Å²) >= 11 is 1.32. The van der Waals surface area contributed by atoms with Crippen LogP contribution in [-0.2, 0) is 6.54 Å². The molecule has 0 aromatic carbocycles. The highest BCUT2D eigenvalue weighted by atomic mass is 32.1. The van der Waals surface area contributed by atoms with E-state index in [0.29, 0.717) is 17.2 Å². The summed E-state index contributed by atoms with van der Waals surface area (Å²) in [6, 6.07) is 1.33. The molecule has 104 valence electrons. The third-order valence-corrected chi connectivity index (χ3v) is 3.61.